The molecule has 3 rings (SSSR count). The summed E-state index contributed by atoms with van der Waals surface area (Å²) in [6.07, 6.45) is 0.980. The van der Waals surface area contributed by atoms with Gasteiger partial charge in [0.05, 0.1) is 5.69 Å². The van der Waals surface area contributed by atoms with E-state index in [1.807, 2.05) is 0 Å². The van der Waals surface area contributed by atoms with Crippen molar-refractivity contribution in [3.8, 4) is 11.8 Å². The number of fused-ring (bicyclic) bond motifs is 2. The van der Waals surface area contributed by atoms with E-state index in [1.54, 1.807) is 0 Å². The lowest BCUT2D eigenvalue weighted by Crippen LogP contribution is -2.27. The number of hydrogen-bond donors (Lipinski definition) is 0. The van der Waals surface area contributed by atoms with Crippen molar-refractivity contribution < 1.29 is 0 Å². The summed E-state index contributed by atoms with van der Waals surface area (Å²) in [6, 6.07) is 16.8. The van der Waals surface area contributed by atoms with Crippen molar-refractivity contribution in [2.24, 2.45) is 11.3 Å². The van der Waals surface area contributed by atoms with Crippen molar-refractivity contribution in [2.75, 3.05) is 4.90 Å². The molecule has 0 aromatic heterocycles. The summed E-state index contributed by atoms with van der Waals surface area (Å²) in [5.41, 5.74) is 6.03. The molecule has 0 amide bonds. The first-order valence-corrected chi connectivity index (χ1v) is 9.00. The van der Waals surface area contributed by atoms with Gasteiger partial charge in [0, 0.05) is 23.4 Å². The Hall–Kier alpha value is -2.46. The number of allylic oxidation sites excluding steroid dienone is 1. The topological polar surface area (TPSA) is 3.24 Å². The third kappa shape index (κ3) is 3.80. The molecule has 2 aromatic rings. The van der Waals surface area contributed by atoms with Crippen molar-refractivity contribution in [1.29, 1.82) is 0 Å². The molecule has 1 heterocycles. The van der Waals surface area contributed by atoms with Crippen molar-refractivity contribution in [3.05, 3.63) is 77.5 Å². The minimum atomic E-state index is 0.267. The Morgan fingerprint density at radius 1 is 1.04 bits per heavy atom. The van der Waals surface area contributed by atoms with Gasteiger partial charge in [-0.25, -0.2) is 0 Å². The van der Waals surface area contributed by atoms with Gasteiger partial charge in [-0.2, -0.15) is 0 Å². The van der Waals surface area contributed by atoms with Crippen LogP contribution in [-0.2, 0) is 6.54 Å². The van der Waals surface area contributed by atoms with Crippen molar-refractivity contribution in [3.63, 3.8) is 0 Å². The first kappa shape index (κ1) is 17.4. The summed E-state index contributed by atoms with van der Waals surface area (Å²) >= 11 is 0. The molecule has 0 spiro atoms. The fraction of sp³-hybridized carbons (Fsp3) is 0.333. The van der Waals surface area contributed by atoms with Crippen LogP contribution in [0.2, 0.25) is 0 Å². The lowest BCUT2D eigenvalue weighted by molar-refractivity contribution is 0.258. The van der Waals surface area contributed by atoms with E-state index in [-0.39, 0.29) is 5.41 Å². The lowest BCUT2D eigenvalue weighted by Gasteiger charge is -2.34. The van der Waals surface area contributed by atoms with Gasteiger partial charge in [-0.05, 0) is 41.5 Å². The highest BCUT2D eigenvalue weighted by Gasteiger charge is 2.24. The van der Waals surface area contributed by atoms with E-state index in [0.717, 1.165) is 35.5 Å². The van der Waals surface area contributed by atoms with E-state index < -0.39 is 0 Å². The van der Waals surface area contributed by atoms with Crippen LogP contribution >= 0.6 is 0 Å². The van der Waals surface area contributed by atoms with Crippen LogP contribution in [0.4, 0.5) is 5.69 Å². The van der Waals surface area contributed by atoms with Crippen LogP contribution in [0.25, 0.3) is 0 Å². The predicted molar refractivity (Wildman–Crippen MR) is 107 cm³/mol. The van der Waals surface area contributed by atoms with Crippen molar-refractivity contribution in [2.45, 2.75) is 40.7 Å². The minimum Gasteiger partial charge on any atom is -0.340 e. The Labute approximate surface area is 152 Å². The number of anilines is 1. The molecule has 25 heavy (non-hydrogen) atoms. The molecular weight excluding hydrogens is 302 g/mol. The predicted octanol–water partition coefficient (Wildman–Crippen LogP) is 5.99. The lowest BCUT2D eigenvalue weighted by atomic mass is 9.79. The molecule has 1 heteroatoms. The molecule has 0 bridgehead atoms. The third-order valence-electron chi connectivity index (χ3n) is 5.27. The molecule has 0 radical (unpaired) electrons. The molecule has 1 unspecified atom stereocenters. The monoisotopic (exact) mass is 329 g/mol. The summed E-state index contributed by atoms with van der Waals surface area (Å²) in [4.78, 5) is 2.35. The van der Waals surface area contributed by atoms with E-state index in [0.29, 0.717) is 5.92 Å². The highest BCUT2D eigenvalue weighted by atomic mass is 15.1. The zero-order chi connectivity index (χ0) is 18.0. The van der Waals surface area contributed by atoms with Gasteiger partial charge >= 0.3 is 0 Å². The van der Waals surface area contributed by atoms with Gasteiger partial charge in [0.2, 0.25) is 0 Å². The number of rotatable bonds is 3. The SMILES string of the molecule is C=C(CC(C)C(C)(C)C)N1Cc2ccccc2C#Cc2ccccc21. The summed E-state index contributed by atoms with van der Waals surface area (Å²) in [6.45, 7) is 14.5. The highest BCUT2D eigenvalue weighted by molar-refractivity contribution is 5.66. The standard InChI is InChI=1S/C24H27N/c1-18(24(3,4)5)16-19(2)25-17-22-12-7-6-10-20(22)14-15-21-11-8-9-13-23(21)25/h6-13,18H,2,16-17H2,1,3-5H3. The van der Waals surface area contributed by atoms with Gasteiger partial charge in [-0.3, -0.25) is 0 Å². The van der Waals surface area contributed by atoms with Crippen LogP contribution in [0.1, 0.15) is 50.8 Å². The largest absolute Gasteiger partial charge is 0.340 e. The van der Waals surface area contributed by atoms with Gasteiger partial charge < -0.3 is 4.90 Å². The molecular formula is C24H27N. The van der Waals surface area contributed by atoms with E-state index >= 15 is 0 Å². The third-order valence-corrected chi connectivity index (χ3v) is 5.27. The van der Waals surface area contributed by atoms with Gasteiger partial charge in [0.25, 0.3) is 0 Å². The smallest absolute Gasteiger partial charge is 0.0570 e. The maximum Gasteiger partial charge on any atom is 0.0570 e. The first-order valence-electron chi connectivity index (χ1n) is 9.00. The van der Waals surface area contributed by atoms with Gasteiger partial charge in [-0.1, -0.05) is 76.4 Å². The summed E-state index contributed by atoms with van der Waals surface area (Å²) < 4.78 is 0. The van der Waals surface area contributed by atoms with Crippen LogP contribution in [0, 0.1) is 23.2 Å². The first-order chi connectivity index (χ1) is 11.9. The maximum absolute atomic E-state index is 4.45. The zero-order valence-corrected chi connectivity index (χ0v) is 15.8. The quantitative estimate of drug-likeness (QED) is 0.625. The number of nitrogens with zero attached hydrogens (tertiary/aromatic N) is 1. The van der Waals surface area contributed by atoms with Crippen molar-refractivity contribution in [1.82, 2.24) is 0 Å². The number of para-hydroxylation sites is 1. The highest BCUT2D eigenvalue weighted by Crippen LogP contribution is 2.34. The second-order valence-corrected chi connectivity index (χ2v) is 8.05. The average Bonchev–Trinajstić information content (AvgIpc) is 2.56. The van der Waals surface area contributed by atoms with Crippen LogP contribution in [0.15, 0.2) is 60.8 Å². The molecule has 1 nitrogen and oxygen atoms in total. The van der Waals surface area contributed by atoms with Gasteiger partial charge in [0.1, 0.15) is 0 Å². The van der Waals surface area contributed by atoms with Crippen LogP contribution in [-0.4, -0.2) is 0 Å². The normalized spacial score (nSPS) is 14.3. The Morgan fingerprint density at radius 2 is 1.64 bits per heavy atom. The van der Waals surface area contributed by atoms with E-state index in [2.05, 4.69) is 99.5 Å². The summed E-state index contributed by atoms with van der Waals surface area (Å²) in [5, 5.41) is 0. The van der Waals surface area contributed by atoms with Crippen LogP contribution < -0.4 is 4.90 Å². The Morgan fingerprint density at radius 3 is 2.36 bits per heavy atom. The molecule has 0 fully saturated rings. The molecule has 0 N–H and O–H groups in total. The Bertz CT molecular complexity index is 842. The number of benzene rings is 2. The molecule has 1 aliphatic rings. The van der Waals surface area contributed by atoms with Crippen molar-refractivity contribution >= 4 is 5.69 Å². The van der Waals surface area contributed by atoms with Crippen LogP contribution in [0.5, 0.6) is 0 Å². The zero-order valence-electron chi connectivity index (χ0n) is 15.8. The second-order valence-electron chi connectivity index (χ2n) is 8.05. The average molecular weight is 329 g/mol. The fourth-order valence-corrected chi connectivity index (χ4v) is 3.04. The van der Waals surface area contributed by atoms with E-state index in [9.17, 15) is 0 Å². The number of hydrogen-bond acceptors (Lipinski definition) is 1. The van der Waals surface area contributed by atoms with E-state index in [1.165, 1.54) is 5.56 Å². The molecule has 0 aliphatic carbocycles. The molecule has 0 saturated carbocycles. The van der Waals surface area contributed by atoms with E-state index in [4.69, 9.17) is 0 Å². The van der Waals surface area contributed by atoms with Gasteiger partial charge in [0.15, 0.2) is 0 Å². The summed E-state index contributed by atoms with van der Waals surface area (Å²) in [5.74, 6) is 7.25. The minimum absolute atomic E-state index is 0.267. The maximum atomic E-state index is 4.45. The van der Waals surface area contributed by atoms with Gasteiger partial charge in [-0.15, -0.1) is 0 Å². The molecule has 128 valence electrons. The Kier molecular flexibility index (Phi) is 4.73. The van der Waals surface area contributed by atoms with Crippen LogP contribution in [0.3, 0.4) is 0 Å². The summed E-state index contributed by atoms with van der Waals surface area (Å²) in [7, 11) is 0. The fourth-order valence-electron chi connectivity index (χ4n) is 3.04. The Balaban J connectivity index is 2.01. The second kappa shape index (κ2) is 6.81. The molecule has 1 aliphatic heterocycles. The molecule has 0 saturated heterocycles. The molecule has 2 aromatic carbocycles. The molecule has 1 atom stereocenters.